The molecule has 0 heterocycles. The third-order valence-electron chi connectivity index (χ3n) is 5.90. The summed E-state index contributed by atoms with van der Waals surface area (Å²) in [6.45, 7) is 2.36. The first-order valence-electron chi connectivity index (χ1n) is 12.7. The summed E-state index contributed by atoms with van der Waals surface area (Å²) in [5.41, 5.74) is 17.3. The normalized spacial score (nSPS) is 10.1. The Kier molecular flexibility index (Phi) is 16.0. The maximum Gasteiger partial charge on any atom is 0.269 e. The second-order valence-electron chi connectivity index (χ2n) is 8.97. The number of nitrogen functional groups attached to an aromatic ring is 2. The minimum Gasteiger partial charge on any atom is -0.399 e. The van der Waals surface area contributed by atoms with Gasteiger partial charge in [0, 0.05) is 75.4 Å². The molecule has 0 aliphatic carbocycles. The molecule has 0 aliphatic rings. The van der Waals surface area contributed by atoms with Crippen molar-refractivity contribution < 1.29 is 30.3 Å². The van der Waals surface area contributed by atoms with Crippen molar-refractivity contribution in [3.8, 4) is 0 Å². The molecule has 224 valence electrons. The van der Waals surface area contributed by atoms with Gasteiger partial charge in [-0.25, -0.2) is 0 Å². The van der Waals surface area contributed by atoms with E-state index in [2.05, 4.69) is 22.4 Å². The molecule has 5 N–H and O–H groups in total. The van der Waals surface area contributed by atoms with Crippen LogP contribution in [0.4, 0.5) is 22.7 Å². The first kappa shape index (κ1) is 35.6. The molecular formula is C31H35N6O4Pd-. The van der Waals surface area contributed by atoms with Gasteiger partial charge in [0.1, 0.15) is 0 Å². The molecule has 42 heavy (non-hydrogen) atoms. The monoisotopic (exact) mass is 661 g/mol. The van der Waals surface area contributed by atoms with Crippen molar-refractivity contribution in [1.29, 1.82) is 0 Å². The summed E-state index contributed by atoms with van der Waals surface area (Å²) in [5, 5.41) is 24.5. The summed E-state index contributed by atoms with van der Waals surface area (Å²) < 4.78 is 0. The van der Waals surface area contributed by atoms with Crippen molar-refractivity contribution in [1.82, 2.24) is 5.32 Å². The number of nitrogens with one attached hydrogen (secondary N) is 1. The summed E-state index contributed by atoms with van der Waals surface area (Å²) in [6, 6.07) is 28.4. The van der Waals surface area contributed by atoms with Crippen LogP contribution in [0.15, 0.2) is 102 Å². The van der Waals surface area contributed by atoms with Crippen LogP contribution in [-0.4, -0.2) is 29.2 Å². The minimum atomic E-state index is -0.449. The van der Waals surface area contributed by atoms with Gasteiger partial charge in [-0.2, -0.15) is 0 Å². The second kappa shape index (κ2) is 18.8. The van der Waals surface area contributed by atoms with Crippen molar-refractivity contribution in [2.45, 2.75) is 19.4 Å². The maximum atomic E-state index is 10.5. The van der Waals surface area contributed by atoms with Crippen LogP contribution in [-0.2, 0) is 39.8 Å². The van der Waals surface area contributed by atoms with E-state index in [4.69, 9.17) is 11.5 Å². The predicted octanol–water partition coefficient (Wildman–Crippen LogP) is 5.80. The van der Waals surface area contributed by atoms with E-state index in [1.807, 2.05) is 36.4 Å². The summed E-state index contributed by atoms with van der Waals surface area (Å²) in [6.07, 6.45) is 3.33. The number of hydrogen-bond donors (Lipinski definition) is 3. The van der Waals surface area contributed by atoms with Crippen molar-refractivity contribution in [2.24, 2.45) is 4.99 Å². The molecule has 0 fully saturated rings. The van der Waals surface area contributed by atoms with Crippen LogP contribution in [0.2, 0.25) is 0 Å². The molecule has 0 atom stereocenters. The van der Waals surface area contributed by atoms with E-state index in [0.717, 1.165) is 42.0 Å². The Labute approximate surface area is 259 Å². The fraction of sp³-hybridized carbons (Fsp3) is 0.161. The van der Waals surface area contributed by atoms with Crippen molar-refractivity contribution >= 4 is 29.0 Å². The molecule has 4 aromatic carbocycles. The van der Waals surface area contributed by atoms with Crippen molar-refractivity contribution in [2.75, 3.05) is 24.6 Å². The molecule has 0 amide bonds. The largest absolute Gasteiger partial charge is 0.399 e. The summed E-state index contributed by atoms with van der Waals surface area (Å²) in [5.74, 6) is 0. The average molecular weight is 662 g/mol. The molecule has 0 unspecified atom stereocenters. The molecule has 0 saturated carbocycles. The number of hydrogen-bond acceptors (Lipinski definition) is 8. The Bertz CT molecular complexity index is 1350. The number of nitrogens with two attached hydrogens (primary N) is 2. The minimum absolute atomic E-state index is 0. The molecule has 0 radical (unpaired) electrons. The fourth-order valence-electron chi connectivity index (χ4n) is 3.62. The zero-order valence-electron chi connectivity index (χ0n) is 23.3. The maximum absolute atomic E-state index is 10.5. The average Bonchev–Trinajstić information content (AvgIpc) is 2.96. The van der Waals surface area contributed by atoms with E-state index in [1.54, 1.807) is 30.5 Å². The topological polar surface area (TPSA) is 163 Å². The summed E-state index contributed by atoms with van der Waals surface area (Å²) in [7, 11) is 0. The smallest absolute Gasteiger partial charge is 0.269 e. The third kappa shape index (κ3) is 12.8. The molecule has 0 spiro atoms. The van der Waals surface area contributed by atoms with Crippen LogP contribution in [0.25, 0.3) is 0 Å². The van der Waals surface area contributed by atoms with Crippen LogP contribution in [0.3, 0.4) is 0 Å². The molecular weight excluding hydrogens is 627 g/mol. The molecule has 4 rings (SSSR count). The van der Waals surface area contributed by atoms with Gasteiger partial charge in [0.15, 0.2) is 0 Å². The summed E-state index contributed by atoms with van der Waals surface area (Å²) >= 11 is 0. The van der Waals surface area contributed by atoms with E-state index in [-0.39, 0.29) is 39.2 Å². The number of nitro groups is 2. The van der Waals surface area contributed by atoms with Gasteiger partial charge in [-0.05, 0) is 78.0 Å². The van der Waals surface area contributed by atoms with Gasteiger partial charge < -0.3 is 24.2 Å². The molecule has 0 aromatic heterocycles. The SMILES string of the molecule is Nc1ccc(CCNCc2ccc(N)cc2)cc1.O=[N+]([O-])c1ccc(C=NCCc2ccc([N+](=O)[O-])cc2)cc1.[CH3-].[Pd]. The number of aliphatic imine (C=N–C) groups is 1. The second-order valence-corrected chi connectivity index (χ2v) is 8.97. The number of non-ortho nitro benzene ring substituents is 2. The van der Waals surface area contributed by atoms with Gasteiger partial charge in [0.05, 0.1) is 9.85 Å². The zero-order chi connectivity index (χ0) is 28.7. The van der Waals surface area contributed by atoms with Gasteiger partial charge >= 0.3 is 0 Å². The van der Waals surface area contributed by atoms with Crippen molar-refractivity contribution in [3.05, 3.63) is 147 Å². The van der Waals surface area contributed by atoms with Gasteiger partial charge in [0.2, 0.25) is 0 Å². The van der Waals surface area contributed by atoms with Gasteiger partial charge in [-0.1, -0.05) is 36.4 Å². The molecule has 4 aromatic rings. The Balaban J connectivity index is 0.000000408. The van der Waals surface area contributed by atoms with E-state index >= 15 is 0 Å². The Morgan fingerprint density at radius 3 is 1.60 bits per heavy atom. The molecule has 10 nitrogen and oxygen atoms in total. The number of rotatable bonds is 11. The Morgan fingerprint density at radius 1 is 0.667 bits per heavy atom. The number of nitrogens with zero attached hydrogens (tertiary/aromatic N) is 3. The van der Waals surface area contributed by atoms with Crippen LogP contribution in [0, 0.1) is 27.7 Å². The quantitative estimate of drug-likeness (QED) is 0.0348. The first-order valence-corrected chi connectivity index (χ1v) is 12.7. The molecule has 0 bridgehead atoms. The Morgan fingerprint density at radius 2 is 1.10 bits per heavy atom. The van der Waals surface area contributed by atoms with Crippen molar-refractivity contribution in [3.63, 3.8) is 0 Å². The van der Waals surface area contributed by atoms with Crippen LogP contribution < -0.4 is 16.8 Å². The van der Waals surface area contributed by atoms with Crippen LogP contribution in [0.1, 0.15) is 22.3 Å². The van der Waals surface area contributed by atoms with E-state index in [0.29, 0.717) is 13.0 Å². The van der Waals surface area contributed by atoms with Gasteiger partial charge in [0.25, 0.3) is 11.4 Å². The Hall–Kier alpha value is -4.43. The van der Waals surface area contributed by atoms with E-state index < -0.39 is 9.85 Å². The van der Waals surface area contributed by atoms with Gasteiger partial charge in [-0.3, -0.25) is 25.2 Å². The summed E-state index contributed by atoms with van der Waals surface area (Å²) in [4.78, 5) is 24.4. The van der Waals surface area contributed by atoms with Crippen LogP contribution >= 0.6 is 0 Å². The van der Waals surface area contributed by atoms with E-state index in [1.165, 1.54) is 35.4 Å². The van der Waals surface area contributed by atoms with E-state index in [9.17, 15) is 20.2 Å². The zero-order valence-corrected chi connectivity index (χ0v) is 24.9. The number of nitro benzene ring substituents is 2. The van der Waals surface area contributed by atoms with Gasteiger partial charge in [-0.15, -0.1) is 0 Å². The number of benzene rings is 4. The number of anilines is 2. The predicted molar refractivity (Wildman–Crippen MR) is 166 cm³/mol. The third-order valence-corrected chi connectivity index (χ3v) is 5.90. The first-order chi connectivity index (χ1) is 19.3. The standard InChI is InChI=1S/C15H13N3O4.C15H19N3.CH3.Pd/c19-17(20)14-5-1-12(2-6-14)9-10-16-11-13-3-7-15(8-4-13)18(21)22;16-14-5-1-12(2-6-14)9-10-18-11-13-3-7-15(17)8-4-13;;/h1-8,11H,9-10H2;1-8,18H,9-11,16-17H2;1H3;/q;;-1;. The molecule has 11 heteroatoms. The fourth-order valence-corrected chi connectivity index (χ4v) is 3.62. The molecule has 0 aliphatic heterocycles. The van der Waals surface area contributed by atoms with Crippen LogP contribution in [0.5, 0.6) is 0 Å². The molecule has 0 saturated heterocycles.